The van der Waals surface area contributed by atoms with E-state index in [4.69, 9.17) is 23.2 Å². The van der Waals surface area contributed by atoms with Gasteiger partial charge in [0.2, 0.25) is 9.84 Å². The summed E-state index contributed by atoms with van der Waals surface area (Å²) in [5.74, 6) is 0. The van der Waals surface area contributed by atoms with Crippen LogP contribution in [-0.4, -0.2) is 16.8 Å². The fraction of sp³-hybridized carbons (Fsp3) is 0.0833. The molecule has 1 atom stereocenters. The standard InChI is InChI=1S/C24H18Cl2O4S2/c25-19-6-10-21(11-7-19)31(27,28)22-14-16-24(17-15-22,18-4-2-1-3-5-18)32(29,30)23-12-8-20(26)9-13-23/h1-16H,17H2. The summed E-state index contributed by atoms with van der Waals surface area (Å²) in [6.45, 7) is 0. The second kappa shape index (κ2) is 8.52. The van der Waals surface area contributed by atoms with Crippen LogP contribution in [0.15, 0.2) is 112 Å². The molecular formula is C24H18Cl2O4S2. The molecular weight excluding hydrogens is 487 g/mol. The van der Waals surface area contributed by atoms with Gasteiger partial charge in [0, 0.05) is 10.0 Å². The molecule has 3 aromatic rings. The van der Waals surface area contributed by atoms with Crippen molar-refractivity contribution >= 4 is 42.9 Å². The fourth-order valence-corrected chi connectivity index (χ4v) is 7.15. The third kappa shape index (κ3) is 3.92. The molecule has 0 aliphatic heterocycles. The SMILES string of the molecule is O=S(=O)(C1=CCC(c2ccccc2)(S(=O)(=O)c2ccc(Cl)cc2)C=C1)c1ccc(Cl)cc1. The lowest BCUT2D eigenvalue weighted by molar-refractivity contribution is 0.556. The maximum Gasteiger partial charge on any atom is 0.206 e. The van der Waals surface area contributed by atoms with Crippen molar-refractivity contribution in [1.29, 1.82) is 0 Å². The molecule has 4 rings (SSSR count). The summed E-state index contributed by atoms with van der Waals surface area (Å²) in [5, 5.41) is 0.849. The monoisotopic (exact) mass is 504 g/mol. The van der Waals surface area contributed by atoms with Gasteiger partial charge in [-0.2, -0.15) is 0 Å². The van der Waals surface area contributed by atoms with Gasteiger partial charge >= 0.3 is 0 Å². The van der Waals surface area contributed by atoms with E-state index in [1.807, 2.05) is 0 Å². The molecule has 0 aromatic heterocycles. The quantitative estimate of drug-likeness (QED) is 0.428. The van der Waals surface area contributed by atoms with Crippen molar-refractivity contribution in [3.63, 3.8) is 0 Å². The van der Waals surface area contributed by atoms with Crippen LogP contribution in [0.4, 0.5) is 0 Å². The van der Waals surface area contributed by atoms with E-state index in [-0.39, 0.29) is 21.1 Å². The molecule has 0 heterocycles. The maximum absolute atomic E-state index is 13.8. The molecule has 0 N–H and O–H groups in total. The summed E-state index contributed by atoms with van der Waals surface area (Å²) in [7, 11) is -7.76. The van der Waals surface area contributed by atoms with Crippen molar-refractivity contribution in [2.75, 3.05) is 0 Å². The molecule has 164 valence electrons. The van der Waals surface area contributed by atoms with E-state index in [0.29, 0.717) is 15.6 Å². The Morgan fingerprint density at radius 3 is 1.72 bits per heavy atom. The molecule has 0 saturated heterocycles. The average molecular weight is 505 g/mol. The third-order valence-corrected chi connectivity index (χ3v) is 10.1. The minimum absolute atomic E-state index is 0.0395. The fourth-order valence-electron chi connectivity index (χ4n) is 3.67. The van der Waals surface area contributed by atoms with Gasteiger partial charge < -0.3 is 0 Å². The van der Waals surface area contributed by atoms with Crippen LogP contribution in [0.25, 0.3) is 0 Å². The van der Waals surface area contributed by atoms with Gasteiger partial charge in [-0.15, -0.1) is 0 Å². The minimum Gasteiger partial charge on any atom is -0.222 e. The van der Waals surface area contributed by atoms with E-state index >= 15 is 0 Å². The highest BCUT2D eigenvalue weighted by molar-refractivity contribution is 7.95. The Balaban J connectivity index is 1.81. The molecule has 8 heteroatoms. The maximum atomic E-state index is 13.8. The van der Waals surface area contributed by atoms with Gasteiger partial charge in [-0.25, -0.2) is 16.8 Å². The normalized spacial score (nSPS) is 18.9. The number of hydrogen-bond acceptors (Lipinski definition) is 4. The van der Waals surface area contributed by atoms with Crippen LogP contribution in [0.2, 0.25) is 10.0 Å². The molecule has 0 bridgehead atoms. The van der Waals surface area contributed by atoms with Gasteiger partial charge in [-0.3, -0.25) is 0 Å². The van der Waals surface area contributed by atoms with E-state index in [0.717, 1.165) is 0 Å². The van der Waals surface area contributed by atoms with Crippen LogP contribution in [0.1, 0.15) is 12.0 Å². The zero-order valence-corrected chi connectivity index (χ0v) is 19.8. The molecule has 0 spiro atoms. The smallest absolute Gasteiger partial charge is 0.206 e. The van der Waals surface area contributed by atoms with Crippen LogP contribution in [0.3, 0.4) is 0 Å². The summed E-state index contributed by atoms with van der Waals surface area (Å²) >= 11 is 11.8. The topological polar surface area (TPSA) is 68.3 Å². The number of benzene rings is 3. The van der Waals surface area contributed by atoms with Crippen LogP contribution in [-0.2, 0) is 24.4 Å². The summed E-state index contributed by atoms with van der Waals surface area (Å²) in [5.41, 5.74) is 0.547. The molecule has 1 aliphatic carbocycles. The van der Waals surface area contributed by atoms with Crippen molar-refractivity contribution in [3.05, 3.63) is 118 Å². The van der Waals surface area contributed by atoms with Crippen LogP contribution in [0, 0.1) is 0 Å². The molecule has 32 heavy (non-hydrogen) atoms. The van der Waals surface area contributed by atoms with Crippen molar-refractivity contribution in [2.24, 2.45) is 0 Å². The zero-order valence-electron chi connectivity index (χ0n) is 16.7. The highest BCUT2D eigenvalue weighted by Gasteiger charge is 2.45. The van der Waals surface area contributed by atoms with Gasteiger partial charge in [0.1, 0.15) is 4.75 Å². The second-order valence-electron chi connectivity index (χ2n) is 7.31. The predicted molar refractivity (Wildman–Crippen MR) is 127 cm³/mol. The predicted octanol–water partition coefficient (Wildman–Crippen LogP) is 5.98. The Morgan fingerprint density at radius 2 is 1.22 bits per heavy atom. The largest absolute Gasteiger partial charge is 0.222 e. The Kier molecular flexibility index (Phi) is 6.07. The lowest BCUT2D eigenvalue weighted by Gasteiger charge is -2.32. The molecule has 1 aliphatic rings. The second-order valence-corrected chi connectivity index (χ2v) is 12.3. The van der Waals surface area contributed by atoms with Crippen molar-refractivity contribution in [2.45, 2.75) is 21.0 Å². The molecule has 4 nitrogen and oxygen atoms in total. The number of halogens is 2. The van der Waals surface area contributed by atoms with Crippen LogP contribution >= 0.6 is 23.2 Å². The van der Waals surface area contributed by atoms with Gasteiger partial charge in [0.15, 0.2) is 9.84 Å². The Labute approximate surface area is 197 Å². The molecule has 0 amide bonds. The first-order valence-corrected chi connectivity index (χ1v) is 13.3. The van der Waals surface area contributed by atoms with Gasteiger partial charge in [-0.1, -0.05) is 65.7 Å². The van der Waals surface area contributed by atoms with Gasteiger partial charge in [0.25, 0.3) is 0 Å². The van der Waals surface area contributed by atoms with E-state index < -0.39 is 24.4 Å². The lowest BCUT2D eigenvalue weighted by atomic mass is 9.91. The first kappa shape index (κ1) is 22.8. The van der Waals surface area contributed by atoms with E-state index in [2.05, 4.69) is 0 Å². The first-order chi connectivity index (χ1) is 15.2. The zero-order chi connectivity index (χ0) is 23.0. The number of sulfone groups is 2. The molecule has 0 radical (unpaired) electrons. The highest BCUT2D eigenvalue weighted by atomic mass is 35.5. The highest BCUT2D eigenvalue weighted by Crippen LogP contribution is 2.44. The van der Waals surface area contributed by atoms with Crippen LogP contribution < -0.4 is 0 Å². The molecule has 1 unspecified atom stereocenters. The number of rotatable bonds is 5. The Morgan fingerprint density at radius 1 is 0.688 bits per heavy atom. The van der Waals surface area contributed by atoms with E-state index in [9.17, 15) is 16.8 Å². The van der Waals surface area contributed by atoms with Gasteiger partial charge in [-0.05, 0) is 66.6 Å². The van der Waals surface area contributed by atoms with Crippen molar-refractivity contribution in [3.8, 4) is 0 Å². The Bertz CT molecular complexity index is 1410. The third-order valence-electron chi connectivity index (χ3n) is 5.42. The average Bonchev–Trinajstić information content (AvgIpc) is 2.80. The molecule has 3 aromatic carbocycles. The minimum atomic E-state index is -3.93. The van der Waals surface area contributed by atoms with E-state index in [1.165, 1.54) is 66.8 Å². The molecule has 0 saturated carbocycles. The molecule has 0 fully saturated rings. The van der Waals surface area contributed by atoms with Crippen molar-refractivity contribution in [1.82, 2.24) is 0 Å². The summed E-state index contributed by atoms with van der Waals surface area (Å²) in [6, 6.07) is 20.6. The summed E-state index contributed by atoms with van der Waals surface area (Å²) < 4.78 is 52.3. The first-order valence-electron chi connectivity index (χ1n) is 9.63. The Hall–Kier alpha value is -2.38. The van der Waals surface area contributed by atoms with Crippen LogP contribution in [0.5, 0.6) is 0 Å². The van der Waals surface area contributed by atoms with E-state index in [1.54, 1.807) is 30.3 Å². The number of allylic oxidation sites excluding steroid dienone is 2. The summed E-state index contributed by atoms with van der Waals surface area (Å²) in [6.07, 6.45) is 4.26. The van der Waals surface area contributed by atoms with Crippen molar-refractivity contribution < 1.29 is 16.8 Å². The summed E-state index contributed by atoms with van der Waals surface area (Å²) in [4.78, 5) is 0.232. The number of hydrogen-bond donors (Lipinski definition) is 0. The van der Waals surface area contributed by atoms with Gasteiger partial charge in [0.05, 0.1) is 14.7 Å². The lowest BCUT2D eigenvalue weighted by Crippen LogP contribution is -2.35.